The van der Waals surface area contributed by atoms with E-state index in [-0.39, 0.29) is 6.61 Å². The Morgan fingerprint density at radius 1 is 1.45 bits per heavy atom. The molecule has 0 saturated carbocycles. The molecule has 5 heteroatoms. The molecule has 0 spiro atoms. The maximum absolute atomic E-state index is 8.44. The Morgan fingerprint density at radius 2 is 2.09 bits per heavy atom. The predicted molar refractivity (Wildman–Crippen MR) is 42.0 cm³/mol. The number of aliphatic hydroxyl groups excluding tert-OH is 1. The number of aromatic nitrogens is 2. The van der Waals surface area contributed by atoms with E-state index in [9.17, 15) is 0 Å². The SMILES string of the molecule is Nc1cnc(NCCO)nc1. The summed E-state index contributed by atoms with van der Waals surface area (Å²) in [4.78, 5) is 7.71. The third-order valence-corrected chi connectivity index (χ3v) is 1.07. The summed E-state index contributed by atoms with van der Waals surface area (Å²) in [5.41, 5.74) is 5.88. The first-order chi connectivity index (χ1) is 5.33. The highest BCUT2D eigenvalue weighted by molar-refractivity contribution is 5.35. The molecule has 1 aromatic heterocycles. The molecule has 5 nitrogen and oxygen atoms in total. The number of aliphatic hydroxyl groups is 1. The zero-order valence-corrected chi connectivity index (χ0v) is 5.99. The van der Waals surface area contributed by atoms with Gasteiger partial charge in [0.15, 0.2) is 0 Å². The molecule has 0 aliphatic heterocycles. The van der Waals surface area contributed by atoms with Crippen molar-refractivity contribution in [1.29, 1.82) is 0 Å². The number of hydrogen-bond acceptors (Lipinski definition) is 5. The van der Waals surface area contributed by atoms with Gasteiger partial charge < -0.3 is 16.2 Å². The normalized spacial score (nSPS) is 9.55. The second-order valence-corrected chi connectivity index (χ2v) is 1.99. The Bertz CT molecular complexity index is 210. The van der Waals surface area contributed by atoms with E-state index >= 15 is 0 Å². The molecule has 60 valence electrons. The van der Waals surface area contributed by atoms with Gasteiger partial charge in [-0.3, -0.25) is 0 Å². The van der Waals surface area contributed by atoms with Crippen LogP contribution in [-0.2, 0) is 0 Å². The maximum atomic E-state index is 8.44. The highest BCUT2D eigenvalue weighted by Crippen LogP contribution is 1.99. The van der Waals surface area contributed by atoms with E-state index in [1.165, 1.54) is 12.4 Å². The molecule has 0 radical (unpaired) electrons. The first-order valence-corrected chi connectivity index (χ1v) is 3.25. The molecule has 4 N–H and O–H groups in total. The molecule has 1 rings (SSSR count). The average molecular weight is 154 g/mol. The Labute approximate surface area is 64.3 Å². The van der Waals surface area contributed by atoms with E-state index in [0.29, 0.717) is 18.2 Å². The number of nitrogen functional groups attached to an aromatic ring is 1. The van der Waals surface area contributed by atoms with Crippen molar-refractivity contribution < 1.29 is 5.11 Å². The topological polar surface area (TPSA) is 84.1 Å². The fourth-order valence-electron chi connectivity index (χ4n) is 0.597. The number of anilines is 2. The Morgan fingerprint density at radius 3 is 2.64 bits per heavy atom. The molecule has 0 aromatic carbocycles. The fourth-order valence-corrected chi connectivity index (χ4v) is 0.597. The van der Waals surface area contributed by atoms with Gasteiger partial charge in [-0.1, -0.05) is 0 Å². The van der Waals surface area contributed by atoms with Crippen LogP contribution in [0.4, 0.5) is 11.6 Å². The fraction of sp³-hybridized carbons (Fsp3) is 0.333. The van der Waals surface area contributed by atoms with Crippen molar-refractivity contribution in [2.75, 3.05) is 24.2 Å². The standard InChI is InChI=1S/C6H10N4O/c7-5-3-9-6(10-4-5)8-1-2-11/h3-4,11H,1-2,7H2,(H,8,9,10). The van der Waals surface area contributed by atoms with Crippen molar-refractivity contribution in [3.05, 3.63) is 12.4 Å². The molecule has 0 fully saturated rings. The van der Waals surface area contributed by atoms with Crippen molar-refractivity contribution in [1.82, 2.24) is 9.97 Å². The number of rotatable bonds is 3. The van der Waals surface area contributed by atoms with E-state index in [0.717, 1.165) is 0 Å². The van der Waals surface area contributed by atoms with E-state index in [1.807, 2.05) is 0 Å². The minimum atomic E-state index is 0.0632. The summed E-state index contributed by atoms with van der Waals surface area (Å²) < 4.78 is 0. The summed E-state index contributed by atoms with van der Waals surface area (Å²) in [6.45, 7) is 0.512. The molecule has 1 aromatic rings. The van der Waals surface area contributed by atoms with Gasteiger partial charge in [-0.15, -0.1) is 0 Å². The van der Waals surface area contributed by atoms with Gasteiger partial charge in [0, 0.05) is 6.54 Å². The van der Waals surface area contributed by atoms with Gasteiger partial charge in [0.25, 0.3) is 0 Å². The molecule has 0 unspecified atom stereocenters. The van der Waals surface area contributed by atoms with Gasteiger partial charge in [0.05, 0.1) is 24.7 Å². The lowest BCUT2D eigenvalue weighted by Gasteiger charge is -2.00. The van der Waals surface area contributed by atoms with Crippen LogP contribution in [0.5, 0.6) is 0 Å². The zero-order valence-electron chi connectivity index (χ0n) is 5.99. The van der Waals surface area contributed by atoms with Crippen molar-refractivity contribution in [2.45, 2.75) is 0 Å². The number of nitrogens with zero attached hydrogens (tertiary/aromatic N) is 2. The Kier molecular flexibility index (Phi) is 2.62. The van der Waals surface area contributed by atoms with Crippen LogP contribution in [0.25, 0.3) is 0 Å². The van der Waals surface area contributed by atoms with E-state index < -0.39 is 0 Å². The van der Waals surface area contributed by atoms with Gasteiger partial charge in [0.2, 0.25) is 5.95 Å². The zero-order chi connectivity index (χ0) is 8.10. The lowest BCUT2D eigenvalue weighted by atomic mass is 10.6. The van der Waals surface area contributed by atoms with Crippen LogP contribution in [0.1, 0.15) is 0 Å². The van der Waals surface area contributed by atoms with Crippen molar-refractivity contribution in [3.63, 3.8) is 0 Å². The van der Waals surface area contributed by atoms with E-state index in [4.69, 9.17) is 10.8 Å². The predicted octanol–water partition coefficient (Wildman–Crippen LogP) is -0.537. The molecule has 0 atom stereocenters. The molecular weight excluding hydrogens is 144 g/mol. The number of hydrogen-bond donors (Lipinski definition) is 3. The minimum absolute atomic E-state index is 0.0632. The van der Waals surface area contributed by atoms with Crippen molar-refractivity contribution >= 4 is 11.6 Å². The first-order valence-electron chi connectivity index (χ1n) is 3.25. The van der Waals surface area contributed by atoms with Crippen LogP contribution in [-0.4, -0.2) is 28.2 Å². The molecule has 11 heavy (non-hydrogen) atoms. The number of nitrogens with one attached hydrogen (secondary N) is 1. The number of nitrogens with two attached hydrogens (primary N) is 1. The van der Waals surface area contributed by atoms with Gasteiger partial charge in [-0.05, 0) is 0 Å². The van der Waals surface area contributed by atoms with Crippen molar-refractivity contribution in [2.24, 2.45) is 0 Å². The van der Waals surface area contributed by atoms with Gasteiger partial charge in [-0.2, -0.15) is 0 Å². The molecule has 0 saturated heterocycles. The van der Waals surface area contributed by atoms with E-state index in [1.54, 1.807) is 0 Å². The van der Waals surface area contributed by atoms with E-state index in [2.05, 4.69) is 15.3 Å². The molecule has 0 aliphatic rings. The summed E-state index contributed by atoms with van der Waals surface area (Å²) in [5.74, 6) is 0.480. The van der Waals surface area contributed by atoms with Crippen LogP contribution in [0.3, 0.4) is 0 Å². The average Bonchev–Trinajstić information content (AvgIpc) is 2.04. The van der Waals surface area contributed by atoms with Gasteiger partial charge in [-0.25, -0.2) is 9.97 Å². The van der Waals surface area contributed by atoms with Gasteiger partial charge >= 0.3 is 0 Å². The monoisotopic (exact) mass is 154 g/mol. The van der Waals surface area contributed by atoms with Crippen molar-refractivity contribution in [3.8, 4) is 0 Å². The second-order valence-electron chi connectivity index (χ2n) is 1.99. The van der Waals surface area contributed by atoms with Crippen LogP contribution in [0.2, 0.25) is 0 Å². The van der Waals surface area contributed by atoms with Crippen LogP contribution in [0, 0.1) is 0 Å². The summed E-state index contributed by atoms with van der Waals surface area (Å²) >= 11 is 0. The molecule has 1 heterocycles. The van der Waals surface area contributed by atoms with Crippen LogP contribution in [0.15, 0.2) is 12.4 Å². The smallest absolute Gasteiger partial charge is 0.222 e. The Balaban J connectivity index is 2.52. The second kappa shape index (κ2) is 3.72. The summed E-state index contributed by atoms with van der Waals surface area (Å²) in [6, 6.07) is 0. The summed E-state index contributed by atoms with van der Waals surface area (Å²) in [7, 11) is 0. The molecule has 0 bridgehead atoms. The highest BCUT2D eigenvalue weighted by atomic mass is 16.3. The summed E-state index contributed by atoms with van der Waals surface area (Å²) in [5, 5.41) is 11.2. The largest absolute Gasteiger partial charge is 0.396 e. The van der Waals surface area contributed by atoms with Gasteiger partial charge in [0.1, 0.15) is 0 Å². The quantitative estimate of drug-likeness (QED) is 0.544. The molecule has 0 amide bonds. The minimum Gasteiger partial charge on any atom is -0.396 e. The molecule has 0 aliphatic carbocycles. The van der Waals surface area contributed by atoms with Crippen LogP contribution >= 0.6 is 0 Å². The molecular formula is C6H10N4O. The van der Waals surface area contributed by atoms with Crippen LogP contribution < -0.4 is 11.1 Å². The third-order valence-electron chi connectivity index (χ3n) is 1.07. The summed E-state index contributed by atoms with van der Waals surface area (Å²) in [6.07, 6.45) is 3.01. The Hall–Kier alpha value is -1.36. The first kappa shape index (κ1) is 7.74. The maximum Gasteiger partial charge on any atom is 0.222 e. The lowest BCUT2D eigenvalue weighted by molar-refractivity contribution is 0.311. The third kappa shape index (κ3) is 2.38. The highest BCUT2D eigenvalue weighted by Gasteiger charge is 1.91. The lowest BCUT2D eigenvalue weighted by Crippen LogP contribution is -2.08.